The van der Waals surface area contributed by atoms with E-state index in [2.05, 4.69) is 4.98 Å². The maximum atomic E-state index is 13.0. The third kappa shape index (κ3) is 3.50. The lowest BCUT2D eigenvalue weighted by atomic mass is 10.1. The molecule has 0 radical (unpaired) electrons. The number of ether oxygens (including phenoxy) is 1. The second-order valence-corrected chi connectivity index (χ2v) is 6.51. The lowest BCUT2D eigenvalue weighted by Crippen LogP contribution is -2.15. The second-order valence-electron chi connectivity index (χ2n) is 5.64. The van der Waals surface area contributed by atoms with Crippen molar-refractivity contribution in [1.82, 2.24) is 9.55 Å². The Hall–Kier alpha value is -2.61. The molecule has 0 fully saturated rings. The van der Waals surface area contributed by atoms with Crippen molar-refractivity contribution >= 4 is 17.1 Å². The molecule has 0 saturated carbocycles. The number of rotatable bonds is 5. The van der Waals surface area contributed by atoms with Gasteiger partial charge in [0.15, 0.2) is 11.7 Å². The van der Waals surface area contributed by atoms with Gasteiger partial charge in [-0.1, -0.05) is 12.1 Å². The first-order valence-electron chi connectivity index (χ1n) is 7.70. The van der Waals surface area contributed by atoms with Gasteiger partial charge in [0.05, 0.1) is 5.56 Å². The molecule has 0 saturated heterocycles. The van der Waals surface area contributed by atoms with Crippen molar-refractivity contribution in [2.75, 3.05) is 6.61 Å². The molecule has 0 aliphatic carbocycles. The van der Waals surface area contributed by atoms with Gasteiger partial charge >= 0.3 is 6.18 Å². The fourth-order valence-electron chi connectivity index (χ4n) is 2.71. The summed E-state index contributed by atoms with van der Waals surface area (Å²) in [6.45, 7) is 3.13. The molecule has 0 spiro atoms. The van der Waals surface area contributed by atoms with E-state index in [1.165, 1.54) is 29.5 Å². The Labute approximate surface area is 151 Å². The molecular weight excluding hydrogens is 365 g/mol. The van der Waals surface area contributed by atoms with Crippen molar-refractivity contribution in [2.24, 2.45) is 0 Å². The topological polar surface area (TPSA) is 44.1 Å². The van der Waals surface area contributed by atoms with Crippen LogP contribution in [0.4, 0.5) is 13.2 Å². The zero-order chi connectivity index (χ0) is 18.9. The first kappa shape index (κ1) is 18.2. The fraction of sp³-hybridized carbons (Fsp3) is 0.222. The van der Waals surface area contributed by atoms with E-state index in [4.69, 9.17) is 4.74 Å². The number of aromatic nitrogens is 2. The number of hydrogen-bond donors (Lipinski definition) is 0. The number of benzene rings is 1. The van der Waals surface area contributed by atoms with E-state index in [0.717, 1.165) is 16.9 Å². The molecule has 0 N–H and O–H groups in total. The number of carbonyl (C=O) groups excluding carboxylic acids is 1. The van der Waals surface area contributed by atoms with Gasteiger partial charge in [-0.3, -0.25) is 9.36 Å². The molecule has 1 aromatic carbocycles. The predicted molar refractivity (Wildman–Crippen MR) is 92.2 cm³/mol. The fourth-order valence-corrected chi connectivity index (χ4v) is 3.47. The van der Waals surface area contributed by atoms with E-state index in [1.54, 1.807) is 19.2 Å². The number of Topliss-reactive ketones (excluding diaryl/α,β-unsaturated/α-hetero) is 1. The van der Waals surface area contributed by atoms with E-state index < -0.39 is 24.1 Å². The molecule has 0 bridgehead atoms. The van der Waals surface area contributed by atoms with E-state index in [9.17, 15) is 18.0 Å². The van der Waals surface area contributed by atoms with E-state index >= 15 is 0 Å². The summed E-state index contributed by atoms with van der Waals surface area (Å²) in [6.07, 6.45) is -2.88. The molecule has 136 valence electrons. The molecule has 8 heteroatoms. The van der Waals surface area contributed by atoms with Crippen LogP contribution in [0.2, 0.25) is 0 Å². The van der Waals surface area contributed by atoms with Crippen LogP contribution in [-0.4, -0.2) is 21.9 Å². The normalized spacial score (nSPS) is 11.6. The molecule has 4 nitrogen and oxygen atoms in total. The minimum atomic E-state index is -4.54. The van der Waals surface area contributed by atoms with Gasteiger partial charge in [0.25, 0.3) is 0 Å². The van der Waals surface area contributed by atoms with Crippen LogP contribution in [0.3, 0.4) is 0 Å². The number of hydrogen-bond acceptors (Lipinski definition) is 4. The van der Waals surface area contributed by atoms with Gasteiger partial charge in [0.2, 0.25) is 5.78 Å². The monoisotopic (exact) mass is 380 g/mol. The Morgan fingerprint density at radius 1 is 1.27 bits per heavy atom. The third-order valence-corrected chi connectivity index (χ3v) is 4.65. The highest BCUT2D eigenvalue weighted by Crippen LogP contribution is 2.36. The van der Waals surface area contributed by atoms with E-state index in [-0.39, 0.29) is 5.75 Å². The van der Waals surface area contributed by atoms with Crippen LogP contribution < -0.4 is 4.74 Å². The smallest absolute Gasteiger partial charge is 0.419 e. The number of halogens is 3. The SMILES string of the molecule is Cc1cc(C(=O)COc2ccccc2C(F)(F)F)c(C)n1-c1nccs1. The Bertz CT molecular complexity index is 931. The first-order valence-corrected chi connectivity index (χ1v) is 8.58. The highest BCUT2D eigenvalue weighted by Gasteiger charge is 2.34. The Morgan fingerprint density at radius 3 is 2.65 bits per heavy atom. The average Bonchev–Trinajstić information content (AvgIpc) is 3.20. The van der Waals surface area contributed by atoms with Crippen LogP contribution in [-0.2, 0) is 6.18 Å². The number of thiazole rings is 1. The maximum Gasteiger partial charge on any atom is 0.419 e. The lowest BCUT2D eigenvalue weighted by Gasteiger charge is -2.13. The molecule has 0 unspecified atom stereocenters. The molecule has 26 heavy (non-hydrogen) atoms. The Morgan fingerprint density at radius 2 is 2.00 bits per heavy atom. The summed E-state index contributed by atoms with van der Waals surface area (Å²) < 4.78 is 46.0. The molecule has 0 aliphatic rings. The van der Waals surface area contributed by atoms with Gasteiger partial charge in [-0.15, -0.1) is 11.3 Å². The van der Waals surface area contributed by atoms with Gasteiger partial charge in [-0.25, -0.2) is 4.98 Å². The van der Waals surface area contributed by atoms with Gasteiger partial charge in [-0.2, -0.15) is 13.2 Å². The molecule has 2 heterocycles. The molecular formula is C18H15F3N2O2S. The number of para-hydroxylation sites is 1. The highest BCUT2D eigenvalue weighted by molar-refractivity contribution is 7.12. The Kier molecular flexibility index (Phi) is 4.86. The van der Waals surface area contributed by atoms with Gasteiger partial charge in [-0.05, 0) is 32.0 Å². The summed E-state index contributed by atoms with van der Waals surface area (Å²) in [5.74, 6) is -0.750. The minimum Gasteiger partial charge on any atom is -0.485 e. The molecule has 0 aliphatic heterocycles. The number of ketones is 1. The predicted octanol–water partition coefficient (Wildman–Crippen LogP) is 4.83. The van der Waals surface area contributed by atoms with Crippen molar-refractivity contribution < 1.29 is 22.7 Å². The minimum absolute atomic E-state index is 0.359. The Balaban J connectivity index is 1.82. The van der Waals surface area contributed by atoms with Gasteiger partial charge < -0.3 is 4.74 Å². The van der Waals surface area contributed by atoms with Crippen LogP contribution in [0, 0.1) is 13.8 Å². The molecule has 3 aromatic rings. The summed E-state index contributed by atoms with van der Waals surface area (Å²) >= 11 is 1.43. The van der Waals surface area contributed by atoms with Crippen LogP contribution in [0.15, 0.2) is 41.9 Å². The molecule has 0 atom stereocenters. The van der Waals surface area contributed by atoms with Crippen molar-refractivity contribution in [1.29, 1.82) is 0 Å². The van der Waals surface area contributed by atoms with E-state index in [0.29, 0.717) is 11.3 Å². The van der Waals surface area contributed by atoms with Crippen molar-refractivity contribution in [3.05, 3.63) is 64.4 Å². The standard InChI is InChI=1S/C18H15F3N2O2S/c1-11-9-13(12(2)23(11)17-22-7-8-26-17)15(24)10-25-16-6-4-3-5-14(16)18(19,20)21/h3-9H,10H2,1-2H3. The average molecular weight is 380 g/mol. The van der Waals surface area contributed by atoms with Crippen LogP contribution in [0.25, 0.3) is 5.13 Å². The van der Waals surface area contributed by atoms with Gasteiger partial charge in [0, 0.05) is 28.5 Å². The summed E-state index contributed by atoms with van der Waals surface area (Å²) in [5.41, 5.74) is 0.995. The molecule has 0 amide bonds. The molecule has 2 aromatic heterocycles. The zero-order valence-electron chi connectivity index (χ0n) is 14.0. The number of carbonyl (C=O) groups is 1. The quantitative estimate of drug-likeness (QED) is 0.596. The van der Waals surface area contributed by atoms with Crippen LogP contribution in [0.1, 0.15) is 27.3 Å². The maximum absolute atomic E-state index is 13.0. The van der Waals surface area contributed by atoms with Crippen LogP contribution >= 0.6 is 11.3 Å². The van der Waals surface area contributed by atoms with Crippen molar-refractivity contribution in [3.63, 3.8) is 0 Å². The van der Waals surface area contributed by atoms with Crippen molar-refractivity contribution in [3.8, 4) is 10.9 Å². The number of aryl methyl sites for hydroxylation is 1. The summed E-state index contributed by atoms with van der Waals surface area (Å²) in [4.78, 5) is 16.7. The molecule has 3 rings (SSSR count). The summed E-state index contributed by atoms with van der Waals surface area (Å²) in [7, 11) is 0. The third-order valence-electron chi connectivity index (χ3n) is 3.89. The van der Waals surface area contributed by atoms with E-state index in [1.807, 2.05) is 16.9 Å². The first-order chi connectivity index (χ1) is 12.3. The van der Waals surface area contributed by atoms with Crippen molar-refractivity contribution in [2.45, 2.75) is 20.0 Å². The summed E-state index contributed by atoms with van der Waals surface area (Å²) in [5, 5.41) is 2.55. The zero-order valence-corrected chi connectivity index (χ0v) is 14.8. The second kappa shape index (κ2) is 6.95. The van der Waals surface area contributed by atoms with Crippen LogP contribution in [0.5, 0.6) is 5.75 Å². The number of nitrogens with zero attached hydrogens (tertiary/aromatic N) is 2. The lowest BCUT2D eigenvalue weighted by molar-refractivity contribution is -0.138. The van der Waals surface area contributed by atoms with Gasteiger partial charge in [0.1, 0.15) is 5.75 Å². The summed E-state index contributed by atoms with van der Waals surface area (Å²) in [6, 6.07) is 6.53. The highest BCUT2D eigenvalue weighted by atomic mass is 32.1. The largest absolute Gasteiger partial charge is 0.485 e. The number of alkyl halides is 3.